The highest BCUT2D eigenvalue weighted by atomic mass is 16.5. The molecule has 0 bridgehead atoms. The lowest BCUT2D eigenvalue weighted by atomic mass is 9.95. The molecule has 2 N–H and O–H groups in total. The number of rotatable bonds is 12. The third-order valence-corrected chi connectivity index (χ3v) is 6.60. The number of carbonyl (C=O) groups excluding carboxylic acids is 2. The lowest BCUT2D eigenvalue weighted by Crippen LogP contribution is -2.36. The summed E-state index contributed by atoms with van der Waals surface area (Å²) in [5.74, 6) is 0.647. The second-order valence-corrected chi connectivity index (χ2v) is 9.47. The molecule has 0 saturated carbocycles. The van der Waals surface area contributed by atoms with E-state index < -0.39 is 0 Å². The largest absolute Gasteiger partial charge is 0.496 e. The molecule has 2 rings (SSSR count). The van der Waals surface area contributed by atoms with Crippen molar-refractivity contribution in [1.82, 2.24) is 10.2 Å². The van der Waals surface area contributed by atoms with E-state index in [1.165, 1.54) is 0 Å². The zero-order chi connectivity index (χ0) is 26.7. The maximum Gasteiger partial charge on any atom is 0.259 e. The van der Waals surface area contributed by atoms with Crippen molar-refractivity contribution < 1.29 is 14.3 Å². The first-order valence-electron chi connectivity index (χ1n) is 13.2. The molecule has 2 amide bonds. The fraction of sp³-hybridized carbons (Fsp3) is 0.500. The lowest BCUT2D eigenvalue weighted by molar-refractivity contribution is -0.132. The van der Waals surface area contributed by atoms with Gasteiger partial charge >= 0.3 is 0 Å². The summed E-state index contributed by atoms with van der Waals surface area (Å²) in [6.45, 7) is 11.3. The van der Waals surface area contributed by atoms with E-state index in [1.54, 1.807) is 7.11 Å². The van der Waals surface area contributed by atoms with Crippen molar-refractivity contribution in [3.05, 3.63) is 64.4 Å². The molecule has 0 radical (unpaired) electrons. The number of fused-ring (bicyclic) bond motifs is 1. The van der Waals surface area contributed by atoms with E-state index in [9.17, 15) is 9.59 Å². The molecular weight excluding hydrogens is 450 g/mol. The fourth-order valence-corrected chi connectivity index (χ4v) is 4.16. The van der Waals surface area contributed by atoms with Gasteiger partial charge in [0.05, 0.1) is 12.7 Å². The van der Waals surface area contributed by atoms with Crippen LogP contribution in [0.1, 0.15) is 88.2 Å². The maximum atomic E-state index is 13.1. The quantitative estimate of drug-likeness (QED) is 0.262. The van der Waals surface area contributed by atoms with Crippen molar-refractivity contribution in [2.24, 2.45) is 5.92 Å². The van der Waals surface area contributed by atoms with Gasteiger partial charge in [-0.15, -0.1) is 0 Å². The number of nitrogens with one attached hydrogen (secondary N) is 2. The van der Waals surface area contributed by atoms with Crippen LogP contribution in [0.15, 0.2) is 47.7 Å². The molecule has 0 spiro atoms. The highest BCUT2D eigenvalue weighted by molar-refractivity contribution is 6.01. The van der Waals surface area contributed by atoms with Crippen LogP contribution in [0, 0.1) is 11.3 Å². The number of hydrogen-bond acceptors (Lipinski definition) is 4. The molecule has 6 heteroatoms. The van der Waals surface area contributed by atoms with Crippen LogP contribution in [-0.2, 0) is 17.8 Å². The maximum absolute atomic E-state index is 13.1. The molecule has 1 aromatic carbocycles. The molecule has 0 aromatic heterocycles. The molecule has 1 aliphatic rings. The van der Waals surface area contributed by atoms with Gasteiger partial charge in [0.2, 0.25) is 5.91 Å². The molecule has 1 aliphatic heterocycles. The second kappa shape index (κ2) is 14.4. The highest BCUT2D eigenvalue weighted by Crippen LogP contribution is 2.28. The monoisotopic (exact) mass is 493 g/mol. The fourth-order valence-electron chi connectivity index (χ4n) is 4.16. The van der Waals surface area contributed by atoms with Gasteiger partial charge in [-0.2, -0.15) is 0 Å². The molecule has 6 nitrogen and oxygen atoms in total. The third-order valence-electron chi connectivity index (χ3n) is 6.60. The number of hydrogen-bond donors (Lipinski definition) is 2. The summed E-state index contributed by atoms with van der Waals surface area (Å²) < 4.78 is 5.53. The van der Waals surface area contributed by atoms with Gasteiger partial charge in [0.1, 0.15) is 5.75 Å². The predicted octanol–water partition coefficient (Wildman–Crippen LogP) is 6.36. The molecule has 0 aliphatic carbocycles. The summed E-state index contributed by atoms with van der Waals surface area (Å²) in [6.07, 6.45) is 12.8. The Morgan fingerprint density at radius 3 is 2.58 bits per heavy atom. The van der Waals surface area contributed by atoms with Crippen LogP contribution >= 0.6 is 0 Å². The topological polar surface area (TPSA) is 82.5 Å². The van der Waals surface area contributed by atoms with Gasteiger partial charge in [-0.05, 0) is 73.4 Å². The van der Waals surface area contributed by atoms with Crippen LogP contribution in [0.3, 0.4) is 0 Å². The summed E-state index contributed by atoms with van der Waals surface area (Å²) >= 11 is 0. The first-order chi connectivity index (χ1) is 17.2. The Morgan fingerprint density at radius 1 is 1.19 bits per heavy atom. The molecular formula is C30H43N3O3. The Kier molecular flexibility index (Phi) is 11.6. The van der Waals surface area contributed by atoms with E-state index in [1.807, 2.05) is 49.1 Å². The molecule has 1 heterocycles. The van der Waals surface area contributed by atoms with Crippen molar-refractivity contribution in [2.75, 3.05) is 13.7 Å². The number of allylic oxidation sites excluding steroid dienone is 6. The summed E-state index contributed by atoms with van der Waals surface area (Å²) in [6, 6.07) is 3.78. The molecule has 1 unspecified atom stereocenters. The van der Waals surface area contributed by atoms with E-state index in [4.69, 9.17) is 10.1 Å². The van der Waals surface area contributed by atoms with Crippen LogP contribution < -0.4 is 10.1 Å². The smallest absolute Gasteiger partial charge is 0.259 e. The number of nitrogens with zero attached hydrogens (tertiary/aromatic N) is 1. The first-order valence-corrected chi connectivity index (χ1v) is 13.2. The van der Waals surface area contributed by atoms with E-state index in [0.717, 1.165) is 48.8 Å². The first kappa shape index (κ1) is 29.1. The van der Waals surface area contributed by atoms with Crippen molar-refractivity contribution in [1.29, 1.82) is 5.41 Å². The van der Waals surface area contributed by atoms with E-state index >= 15 is 0 Å². The molecule has 1 atom stereocenters. The SMILES string of the molecule is CCC/C=C(/C=C\C=C(/C)NC(=O)c1cc2c(cc1OC)CCN(C(=O)CCC)C2)C(=N)C(C)CC. The second-order valence-electron chi connectivity index (χ2n) is 9.47. The number of unbranched alkanes of at least 4 members (excludes halogenated alkanes) is 1. The summed E-state index contributed by atoms with van der Waals surface area (Å²) in [7, 11) is 1.57. The zero-order valence-corrected chi connectivity index (χ0v) is 22.9. The summed E-state index contributed by atoms with van der Waals surface area (Å²) in [4.78, 5) is 27.4. The van der Waals surface area contributed by atoms with Gasteiger partial charge in [-0.25, -0.2) is 0 Å². The van der Waals surface area contributed by atoms with Crippen molar-refractivity contribution in [3.8, 4) is 5.75 Å². The normalized spacial score (nSPS) is 15.0. The van der Waals surface area contributed by atoms with Gasteiger partial charge in [0.15, 0.2) is 0 Å². The third kappa shape index (κ3) is 7.94. The van der Waals surface area contributed by atoms with Crippen LogP contribution in [0.5, 0.6) is 5.75 Å². The Balaban J connectivity index is 2.18. The Morgan fingerprint density at radius 2 is 1.94 bits per heavy atom. The Bertz CT molecular complexity index is 1040. The molecule has 0 fully saturated rings. The Hall–Kier alpha value is -3.15. The van der Waals surface area contributed by atoms with Crippen molar-refractivity contribution in [3.63, 3.8) is 0 Å². The van der Waals surface area contributed by atoms with Crippen LogP contribution in [0.4, 0.5) is 0 Å². The van der Waals surface area contributed by atoms with E-state index in [-0.39, 0.29) is 17.7 Å². The lowest BCUT2D eigenvalue weighted by Gasteiger charge is -2.29. The van der Waals surface area contributed by atoms with Crippen LogP contribution in [0.25, 0.3) is 0 Å². The number of carbonyl (C=O) groups is 2. The molecule has 36 heavy (non-hydrogen) atoms. The minimum atomic E-state index is -0.247. The minimum Gasteiger partial charge on any atom is -0.496 e. The highest BCUT2D eigenvalue weighted by Gasteiger charge is 2.24. The van der Waals surface area contributed by atoms with Gasteiger partial charge in [-0.3, -0.25) is 9.59 Å². The molecule has 1 aromatic rings. The van der Waals surface area contributed by atoms with Crippen LogP contribution in [0.2, 0.25) is 0 Å². The Labute approximate surface area is 217 Å². The number of benzene rings is 1. The predicted molar refractivity (Wildman–Crippen MR) is 148 cm³/mol. The van der Waals surface area contributed by atoms with Gasteiger partial charge in [-0.1, -0.05) is 52.3 Å². The zero-order valence-electron chi connectivity index (χ0n) is 22.9. The van der Waals surface area contributed by atoms with Gasteiger partial charge in [0, 0.05) is 30.9 Å². The van der Waals surface area contributed by atoms with Crippen molar-refractivity contribution >= 4 is 17.5 Å². The van der Waals surface area contributed by atoms with E-state index in [0.29, 0.717) is 42.2 Å². The summed E-state index contributed by atoms with van der Waals surface area (Å²) in [5, 5.41) is 11.4. The summed E-state index contributed by atoms with van der Waals surface area (Å²) in [5.41, 5.74) is 4.84. The van der Waals surface area contributed by atoms with Gasteiger partial charge in [0.25, 0.3) is 5.91 Å². The van der Waals surface area contributed by atoms with Crippen molar-refractivity contribution in [2.45, 2.75) is 79.7 Å². The average Bonchev–Trinajstić information content (AvgIpc) is 2.88. The number of methoxy groups -OCH3 is 1. The average molecular weight is 494 g/mol. The van der Waals surface area contributed by atoms with Gasteiger partial charge < -0.3 is 20.4 Å². The van der Waals surface area contributed by atoms with Crippen LogP contribution in [-0.4, -0.2) is 36.1 Å². The number of amides is 2. The number of ether oxygens (including phenoxy) is 1. The molecule has 196 valence electrons. The molecule has 0 saturated heterocycles. The standard InChI is InChI=1S/C30H43N3O3/c1-7-10-14-23(29(31)21(4)9-3)15-11-13-22(5)32-30(35)26-18-25-20-33(28(34)12-8-2)17-16-24(25)19-27(26)36-6/h11,13-15,18-19,21,31H,7-10,12,16-17,20H2,1-6H3,(H,32,35)/b15-11-,22-13+,23-14-,31-29?. The minimum absolute atomic E-state index is 0.157. The van der Waals surface area contributed by atoms with E-state index in [2.05, 4.69) is 32.2 Å².